The van der Waals surface area contributed by atoms with Gasteiger partial charge in [0.15, 0.2) is 0 Å². The van der Waals surface area contributed by atoms with Crippen molar-refractivity contribution in [3.8, 4) is 10.4 Å². The summed E-state index contributed by atoms with van der Waals surface area (Å²) in [4.78, 5) is 14.0. The number of hydrogen-bond acceptors (Lipinski definition) is 2. The van der Waals surface area contributed by atoms with E-state index in [9.17, 15) is 4.79 Å². The SMILES string of the molecule is O=C(NCc1ccccc1Cl)c1ccc(-c2ccccc2)s1. The van der Waals surface area contributed by atoms with Gasteiger partial charge in [0.25, 0.3) is 5.91 Å². The standard InChI is InChI=1S/C18H14ClNOS/c19-15-9-5-4-8-14(15)12-20-18(21)17-11-10-16(22-17)13-6-2-1-3-7-13/h1-11H,12H2,(H,20,21). The van der Waals surface area contributed by atoms with E-state index in [0.717, 1.165) is 16.0 Å². The molecule has 0 spiro atoms. The van der Waals surface area contributed by atoms with Gasteiger partial charge in [-0.2, -0.15) is 0 Å². The lowest BCUT2D eigenvalue weighted by Gasteiger charge is -2.05. The lowest BCUT2D eigenvalue weighted by atomic mass is 10.2. The molecule has 0 fully saturated rings. The molecule has 2 nitrogen and oxygen atoms in total. The molecule has 0 aliphatic carbocycles. The molecule has 22 heavy (non-hydrogen) atoms. The third-order valence-electron chi connectivity index (χ3n) is 3.29. The van der Waals surface area contributed by atoms with Gasteiger partial charge < -0.3 is 5.32 Å². The van der Waals surface area contributed by atoms with Crippen molar-refractivity contribution in [2.75, 3.05) is 0 Å². The Hall–Kier alpha value is -2.10. The van der Waals surface area contributed by atoms with E-state index in [2.05, 4.69) is 5.32 Å². The second-order valence-corrected chi connectivity index (χ2v) is 6.29. The molecule has 0 saturated heterocycles. The highest BCUT2D eigenvalue weighted by atomic mass is 35.5. The molecule has 3 rings (SSSR count). The second-order valence-electron chi connectivity index (χ2n) is 4.80. The molecule has 0 atom stereocenters. The Balaban J connectivity index is 1.69. The molecule has 1 aromatic heterocycles. The Morgan fingerprint density at radius 2 is 1.68 bits per heavy atom. The number of rotatable bonds is 4. The third kappa shape index (κ3) is 3.38. The van der Waals surface area contributed by atoms with E-state index in [1.54, 1.807) is 0 Å². The number of carbonyl (C=O) groups is 1. The van der Waals surface area contributed by atoms with Crippen molar-refractivity contribution >= 4 is 28.8 Å². The molecule has 0 saturated carbocycles. The Kier molecular flexibility index (Phi) is 4.56. The Labute approximate surface area is 138 Å². The van der Waals surface area contributed by atoms with Crippen LogP contribution in [0.3, 0.4) is 0 Å². The first-order valence-corrected chi connectivity index (χ1v) is 8.10. The summed E-state index contributed by atoms with van der Waals surface area (Å²) in [6, 6.07) is 21.4. The summed E-state index contributed by atoms with van der Waals surface area (Å²) in [5.41, 5.74) is 2.04. The minimum atomic E-state index is -0.0768. The molecule has 0 unspecified atom stereocenters. The van der Waals surface area contributed by atoms with E-state index in [1.807, 2.05) is 66.7 Å². The van der Waals surface area contributed by atoms with Crippen LogP contribution in [0.1, 0.15) is 15.2 Å². The van der Waals surface area contributed by atoms with Gasteiger partial charge >= 0.3 is 0 Å². The molecule has 4 heteroatoms. The van der Waals surface area contributed by atoms with Gasteiger partial charge in [-0.3, -0.25) is 4.79 Å². The Bertz CT molecular complexity index is 783. The summed E-state index contributed by atoms with van der Waals surface area (Å²) < 4.78 is 0. The van der Waals surface area contributed by atoms with Crippen LogP contribution in [0.5, 0.6) is 0 Å². The van der Waals surface area contributed by atoms with Crippen LogP contribution in [0.25, 0.3) is 10.4 Å². The van der Waals surface area contributed by atoms with Crippen LogP contribution in [0.15, 0.2) is 66.7 Å². The van der Waals surface area contributed by atoms with Crippen molar-refractivity contribution in [1.29, 1.82) is 0 Å². The monoisotopic (exact) mass is 327 g/mol. The number of hydrogen-bond donors (Lipinski definition) is 1. The molecule has 1 N–H and O–H groups in total. The Morgan fingerprint density at radius 3 is 2.45 bits per heavy atom. The second kappa shape index (κ2) is 6.77. The highest BCUT2D eigenvalue weighted by Crippen LogP contribution is 2.27. The summed E-state index contributed by atoms with van der Waals surface area (Å²) in [6.45, 7) is 0.428. The Morgan fingerprint density at radius 1 is 0.955 bits per heavy atom. The zero-order valence-electron chi connectivity index (χ0n) is 11.8. The molecular formula is C18H14ClNOS. The topological polar surface area (TPSA) is 29.1 Å². The van der Waals surface area contributed by atoms with E-state index in [1.165, 1.54) is 11.3 Å². The first kappa shape index (κ1) is 14.8. The zero-order valence-corrected chi connectivity index (χ0v) is 13.3. The summed E-state index contributed by atoms with van der Waals surface area (Å²) in [6.07, 6.45) is 0. The van der Waals surface area contributed by atoms with Crippen molar-refractivity contribution in [3.63, 3.8) is 0 Å². The summed E-state index contributed by atoms with van der Waals surface area (Å²) in [7, 11) is 0. The molecule has 0 radical (unpaired) electrons. The van der Waals surface area contributed by atoms with Gasteiger partial charge in [-0.05, 0) is 29.3 Å². The largest absolute Gasteiger partial charge is 0.347 e. The first-order chi connectivity index (χ1) is 10.7. The van der Waals surface area contributed by atoms with Crippen molar-refractivity contribution in [2.24, 2.45) is 0 Å². The van der Waals surface area contributed by atoms with Crippen molar-refractivity contribution in [1.82, 2.24) is 5.32 Å². The van der Waals surface area contributed by atoms with Crippen LogP contribution in [0, 0.1) is 0 Å². The maximum absolute atomic E-state index is 12.2. The van der Waals surface area contributed by atoms with Gasteiger partial charge in [-0.1, -0.05) is 60.1 Å². The molecule has 2 aromatic carbocycles. The number of carbonyl (C=O) groups excluding carboxylic acids is 1. The third-order valence-corrected chi connectivity index (χ3v) is 4.79. The maximum atomic E-state index is 12.2. The summed E-state index contributed by atoms with van der Waals surface area (Å²) in [5.74, 6) is -0.0768. The lowest BCUT2D eigenvalue weighted by molar-refractivity contribution is 0.0955. The quantitative estimate of drug-likeness (QED) is 0.718. The van der Waals surface area contributed by atoms with E-state index >= 15 is 0 Å². The van der Waals surface area contributed by atoms with Gasteiger partial charge in [0.1, 0.15) is 0 Å². The number of nitrogens with one attached hydrogen (secondary N) is 1. The van der Waals surface area contributed by atoms with E-state index < -0.39 is 0 Å². The van der Waals surface area contributed by atoms with Crippen LogP contribution in [0.4, 0.5) is 0 Å². The zero-order chi connectivity index (χ0) is 15.4. The lowest BCUT2D eigenvalue weighted by Crippen LogP contribution is -2.21. The summed E-state index contributed by atoms with van der Waals surface area (Å²) >= 11 is 7.58. The fraction of sp³-hybridized carbons (Fsp3) is 0.0556. The van der Waals surface area contributed by atoms with Crippen molar-refractivity contribution in [2.45, 2.75) is 6.54 Å². The molecule has 1 heterocycles. The molecule has 110 valence electrons. The molecule has 1 amide bonds. The first-order valence-electron chi connectivity index (χ1n) is 6.91. The predicted octanol–water partition coefficient (Wildman–Crippen LogP) is 5.00. The summed E-state index contributed by atoms with van der Waals surface area (Å²) in [5, 5.41) is 3.57. The van der Waals surface area contributed by atoms with Gasteiger partial charge in [0.05, 0.1) is 4.88 Å². The van der Waals surface area contributed by atoms with E-state index in [-0.39, 0.29) is 5.91 Å². The van der Waals surface area contributed by atoms with Crippen LogP contribution >= 0.6 is 22.9 Å². The maximum Gasteiger partial charge on any atom is 0.261 e. The molecule has 3 aromatic rings. The normalized spacial score (nSPS) is 10.4. The smallest absolute Gasteiger partial charge is 0.261 e. The average Bonchev–Trinajstić information content (AvgIpc) is 3.05. The number of halogens is 1. The fourth-order valence-electron chi connectivity index (χ4n) is 2.12. The highest BCUT2D eigenvalue weighted by molar-refractivity contribution is 7.17. The molecule has 0 aliphatic rings. The minimum Gasteiger partial charge on any atom is -0.347 e. The number of benzene rings is 2. The molecule has 0 aliphatic heterocycles. The average molecular weight is 328 g/mol. The van der Waals surface area contributed by atoms with E-state index in [0.29, 0.717) is 16.4 Å². The minimum absolute atomic E-state index is 0.0768. The van der Waals surface area contributed by atoms with Gasteiger partial charge in [0.2, 0.25) is 0 Å². The highest BCUT2D eigenvalue weighted by Gasteiger charge is 2.10. The van der Waals surface area contributed by atoms with Crippen LogP contribution in [-0.4, -0.2) is 5.91 Å². The van der Waals surface area contributed by atoms with Crippen LogP contribution < -0.4 is 5.32 Å². The van der Waals surface area contributed by atoms with Crippen LogP contribution in [-0.2, 0) is 6.54 Å². The number of amides is 1. The van der Waals surface area contributed by atoms with Gasteiger partial charge in [-0.15, -0.1) is 11.3 Å². The number of thiophene rings is 1. The van der Waals surface area contributed by atoms with E-state index in [4.69, 9.17) is 11.6 Å². The van der Waals surface area contributed by atoms with Gasteiger partial charge in [0, 0.05) is 16.4 Å². The van der Waals surface area contributed by atoms with Crippen LogP contribution in [0.2, 0.25) is 5.02 Å². The molecular weight excluding hydrogens is 314 g/mol. The van der Waals surface area contributed by atoms with Gasteiger partial charge in [-0.25, -0.2) is 0 Å². The predicted molar refractivity (Wildman–Crippen MR) is 92.4 cm³/mol. The van der Waals surface area contributed by atoms with Crippen molar-refractivity contribution < 1.29 is 4.79 Å². The fourth-order valence-corrected chi connectivity index (χ4v) is 3.25. The van der Waals surface area contributed by atoms with Crippen molar-refractivity contribution in [3.05, 3.63) is 82.2 Å². The molecule has 0 bridgehead atoms.